The van der Waals surface area contributed by atoms with Gasteiger partial charge < -0.3 is 5.32 Å². The molecule has 3 aromatic carbocycles. The highest BCUT2D eigenvalue weighted by atomic mass is 35.5. The number of carbonyl (C=O) groups is 1. The molecular weight excluding hydrogens is 512 g/mol. The Balaban J connectivity index is 1.64. The molecule has 0 saturated heterocycles. The highest BCUT2D eigenvalue weighted by Crippen LogP contribution is 2.28. The summed E-state index contributed by atoms with van der Waals surface area (Å²) in [6.45, 7) is 4.50. The molecular formula is C26H21Cl4N3O. The third-order valence-corrected chi connectivity index (χ3v) is 6.91. The van der Waals surface area contributed by atoms with Crippen molar-refractivity contribution in [2.75, 3.05) is 6.54 Å². The van der Waals surface area contributed by atoms with E-state index in [0.717, 1.165) is 16.7 Å². The molecule has 1 amide bonds. The van der Waals surface area contributed by atoms with Crippen molar-refractivity contribution in [3.63, 3.8) is 0 Å². The molecule has 4 aromatic rings. The maximum atomic E-state index is 13.2. The van der Waals surface area contributed by atoms with Crippen LogP contribution in [-0.2, 0) is 6.42 Å². The molecule has 1 N–H and O–H groups in total. The molecule has 8 heteroatoms. The van der Waals surface area contributed by atoms with Crippen LogP contribution in [0.5, 0.6) is 0 Å². The van der Waals surface area contributed by atoms with Crippen LogP contribution in [0.1, 0.15) is 27.2 Å². The van der Waals surface area contributed by atoms with Gasteiger partial charge in [-0.2, -0.15) is 5.10 Å². The van der Waals surface area contributed by atoms with Crippen molar-refractivity contribution >= 4 is 52.3 Å². The molecule has 0 unspecified atom stereocenters. The number of nitrogens with one attached hydrogen (secondary N) is 1. The van der Waals surface area contributed by atoms with E-state index < -0.39 is 0 Å². The summed E-state index contributed by atoms with van der Waals surface area (Å²) in [6, 6.07) is 18.3. The fourth-order valence-electron chi connectivity index (χ4n) is 3.52. The first-order valence-electron chi connectivity index (χ1n) is 10.6. The van der Waals surface area contributed by atoms with Crippen LogP contribution in [-0.4, -0.2) is 22.2 Å². The smallest absolute Gasteiger partial charge is 0.270 e. The van der Waals surface area contributed by atoms with Gasteiger partial charge in [0.1, 0.15) is 5.69 Å². The Kier molecular flexibility index (Phi) is 7.54. The molecule has 0 saturated carbocycles. The predicted molar refractivity (Wildman–Crippen MR) is 141 cm³/mol. The van der Waals surface area contributed by atoms with E-state index >= 15 is 0 Å². The van der Waals surface area contributed by atoms with Gasteiger partial charge in [-0.3, -0.25) is 4.79 Å². The number of aromatic nitrogens is 2. The molecule has 0 fully saturated rings. The number of halogens is 4. The lowest BCUT2D eigenvalue weighted by Gasteiger charge is -2.10. The molecule has 0 aliphatic rings. The minimum absolute atomic E-state index is 0.265. The summed E-state index contributed by atoms with van der Waals surface area (Å²) in [5.41, 5.74) is 5.85. The third-order valence-electron chi connectivity index (χ3n) is 5.59. The second-order valence-electron chi connectivity index (χ2n) is 7.97. The molecule has 0 radical (unpaired) electrons. The average Bonchev–Trinajstić information content (AvgIpc) is 3.24. The standard InChI is InChI=1S/C26H21Cl4N3O/c1-15-3-4-18(11-16(15)2)24-14-25(33(32-24)20-7-8-21(28)23(30)13-20)26(34)31-10-9-17-5-6-19(27)12-22(17)29/h3-8,11-14H,9-10H2,1-2H3,(H,31,34). The quantitative estimate of drug-likeness (QED) is 0.276. The van der Waals surface area contributed by atoms with E-state index in [1.165, 1.54) is 5.56 Å². The zero-order valence-electron chi connectivity index (χ0n) is 18.5. The van der Waals surface area contributed by atoms with Crippen LogP contribution in [0, 0.1) is 13.8 Å². The molecule has 0 aliphatic carbocycles. The van der Waals surface area contributed by atoms with Gasteiger partial charge in [0.05, 0.1) is 21.4 Å². The van der Waals surface area contributed by atoms with Crippen molar-refractivity contribution in [1.29, 1.82) is 0 Å². The van der Waals surface area contributed by atoms with Crippen molar-refractivity contribution in [3.8, 4) is 16.9 Å². The first kappa shape index (κ1) is 24.6. The Labute approximate surface area is 218 Å². The van der Waals surface area contributed by atoms with Crippen LogP contribution in [0.3, 0.4) is 0 Å². The minimum Gasteiger partial charge on any atom is -0.350 e. The molecule has 0 spiro atoms. The van der Waals surface area contributed by atoms with Gasteiger partial charge in [0.2, 0.25) is 0 Å². The topological polar surface area (TPSA) is 46.9 Å². The average molecular weight is 533 g/mol. The molecule has 0 bridgehead atoms. The van der Waals surface area contributed by atoms with Crippen molar-refractivity contribution < 1.29 is 4.79 Å². The molecule has 1 heterocycles. The summed E-state index contributed by atoms with van der Waals surface area (Å²) in [5.74, 6) is -0.265. The van der Waals surface area contributed by atoms with Gasteiger partial charge in [0.25, 0.3) is 5.91 Å². The molecule has 1 aromatic heterocycles. The van der Waals surface area contributed by atoms with Crippen LogP contribution in [0.4, 0.5) is 0 Å². The van der Waals surface area contributed by atoms with Crippen LogP contribution < -0.4 is 5.32 Å². The van der Waals surface area contributed by atoms with E-state index in [4.69, 9.17) is 51.5 Å². The van der Waals surface area contributed by atoms with E-state index in [9.17, 15) is 4.79 Å². The number of aryl methyl sites for hydroxylation is 2. The lowest BCUT2D eigenvalue weighted by atomic mass is 10.0. The number of hydrogen-bond acceptors (Lipinski definition) is 2. The van der Waals surface area contributed by atoms with Gasteiger partial charge in [-0.1, -0.05) is 64.6 Å². The molecule has 34 heavy (non-hydrogen) atoms. The number of nitrogens with zero attached hydrogens (tertiary/aromatic N) is 2. The van der Waals surface area contributed by atoms with E-state index in [1.807, 2.05) is 25.1 Å². The molecule has 0 atom stereocenters. The fourth-order valence-corrected chi connectivity index (χ4v) is 4.32. The third kappa shape index (κ3) is 5.42. The summed E-state index contributed by atoms with van der Waals surface area (Å²) in [5, 5.41) is 9.63. The lowest BCUT2D eigenvalue weighted by Crippen LogP contribution is -2.28. The van der Waals surface area contributed by atoms with Gasteiger partial charge in [0, 0.05) is 22.2 Å². The van der Waals surface area contributed by atoms with Crippen molar-refractivity contribution in [2.24, 2.45) is 0 Å². The minimum atomic E-state index is -0.265. The molecule has 4 rings (SSSR count). The lowest BCUT2D eigenvalue weighted by molar-refractivity contribution is 0.0946. The Bertz CT molecular complexity index is 1380. The Morgan fingerprint density at radius 1 is 0.853 bits per heavy atom. The van der Waals surface area contributed by atoms with Crippen molar-refractivity contribution in [2.45, 2.75) is 20.3 Å². The van der Waals surface area contributed by atoms with E-state index in [-0.39, 0.29) is 5.91 Å². The predicted octanol–water partition coefficient (Wildman–Crippen LogP) is 7.74. The van der Waals surface area contributed by atoms with Gasteiger partial charge in [0.15, 0.2) is 0 Å². The molecule has 4 nitrogen and oxygen atoms in total. The van der Waals surface area contributed by atoms with Gasteiger partial charge in [-0.15, -0.1) is 0 Å². The first-order valence-corrected chi connectivity index (χ1v) is 12.1. The normalized spacial score (nSPS) is 11.0. The number of rotatable bonds is 6. The Morgan fingerprint density at radius 2 is 1.65 bits per heavy atom. The highest BCUT2D eigenvalue weighted by Gasteiger charge is 2.18. The first-order chi connectivity index (χ1) is 16.2. The summed E-state index contributed by atoms with van der Waals surface area (Å²) < 4.78 is 1.58. The van der Waals surface area contributed by atoms with Crippen LogP contribution in [0.25, 0.3) is 16.9 Å². The zero-order valence-corrected chi connectivity index (χ0v) is 21.5. The van der Waals surface area contributed by atoms with Crippen LogP contribution in [0.15, 0.2) is 60.7 Å². The second kappa shape index (κ2) is 10.4. The monoisotopic (exact) mass is 531 g/mol. The number of carbonyl (C=O) groups excluding carboxylic acids is 1. The van der Waals surface area contributed by atoms with E-state index in [2.05, 4.69) is 18.3 Å². The SMILES string of the molecule is Cc1ccc(-c2cc(C(=O)NCCc3ccc(Cl)cc3Cl)n(-c3ccc(Cl)c(Cl)c3)n2)cc1C. The number of benzene rings is 3. The van der Waals surface area contributed by atoms with Gasteiger partial charge in [-0.05, 0) is 79.4 Å². The summed E-state index contributed by atoms with van der Waals surface area (Å²) in [6.07, 6.45) is 0.562. The number of amides is 1. The summed E-state index contributed by atoms with van der Waals surface area (Å²) in [4.78, 5) is 13.2. The van der Waals surface area contributed by atoms with Crippen molar-refractivity contribution in [1.82, 2.24) is 15.1 Å². The van der Waals surface area contributed by atoms with Gasteiger partial charge in [-0.25, -0.2) is 4.68 Å². The molecule has 174 valence electrons. The van der Waals surface area contributed by atoms with E-state index in [1.54, 1.807) is 41.1 Å². The van der Waals surface area contributed by atoms with E-state index in [0.29, 0.717) is 50.1 Å². The second-order valence-corrected chi connectivity index (χ2v) is 9.62. The van der Waals surface area contributed by atoms with Crippen LogP contribution in [0.2, 0.25) is 20.1 Å². The van der Waals surface area contributed by atoms with Crippen molar-refractivity contribution in [3.05, 3.63) is 103 Å². The summed E-state index contributed by atoms with van der Waals surface area (Å²) >= 11 is 24.6. The summed E-state index contributed by atoms with van der Waals surface area (Å²) in [7, 11) is 0. The zero-order chi connectivity index (χ0) is 24.4. The maximum Gasteiger partial charge on any atom is 0.270 e. The Morgan fingerprint density at radius 3 is 2.35 bits per heavy atom. The number of hydrogen-bond donors (Lipinski definition) is 1. The molecule has 0 aliphatic heterocycles. The fraction of sp³-hybridized carbons (Fsp3) is 0.154. The van der Waals surface area contributed by atoms with Gasteiger partial charge >= 0.3 is 0 Å². The Hall–Kier alpha value is -2.50. The maximum absolute atomic E-state index is 13.2. The highest BCUT2D eigenvalue weighted by molar-refractivity contribution is 6.42. The largest absolute Gasteiger partial charge is 0.350 e. The van der Waals surface area contributed by atoms with Crippen LogP contribution >= 0.6 is 46.4 Å².